The first-order chi connectivity index (χ1) is 23.4. The molecule has 1 saturated heterocycles. The summed E-state index contributed by atoms with van der Waals surface area (Å²) in [5, 5.41) is 3.32. The van der Waals surface area contributed by atoms with E-state index in [2.05, 4.69) is 32.1 Å². The molecule has 3 aromatic heterocycles. The Balaban J connectivity index is 1.20. The number of rotatable bonds is 11. The molecule has 0 bridgehead atoms. The Morgan fingerprint density at radius 3 is 2.44 bits per heavy atom. The second kappa shape index (κ2) is 13.7. The molecule has 48 heavy (non-hydrogen) atoms. The number of imidazole rings is 1. The van der Waals surface area contributed by atoms with Crippen molar-refractivity contribution in [3.05, 3.63) is 121 Å². The van der Waals surface area contributed by atoms with Gasteiger partial charge in [0.05, 0.1) is 17.1 Å². The lowest BCUT2D eigenvalue weighted by Crippen LogP contribution is -2.21. The Morgan fingerprint density at radius 2 is 1.60 bits per heavy atom. The molecule has 6 aromatic rings. The number of nitrogens with zero attached hydrogens (tertiary/aromatic N) is 5. The second-order valence-corrected chi connectivity index (χ2v) is 11.6. The van der Waals surface area contributed by atoms with E-state index in [0.717, 1.165) is 37.3 Å². The average Bonchev–Trinajstić information content (AvgIpc) is 3.75. The van der Waals surface area contributed by atoms with Gasteiger partial charge in [0, 0.05) is 30.2 Å². The van der Waals surface area contributed by atoms with E-state index < -0.39 is 12.1 Å². The van der Waals surface area contributed by atoms with Crippen molar-refractivity contribution in [3.63, 3.8) is 0 Å². The molecular weight excluding hydrogens is 617 g/mol. The maximum Gasteiger partial charge on any atom is 0.573 e. The van der Waals surface area contributed by atoms with Crippen molar-refractivity contribution in [2.24, 2.45) is 0 Å². The Hall–Kier alpha value is -5.42. The number of hydrogen-bond donors (Lipinski definition) is 1. The normalized spacial score (nSPS) is 13.6. The maximum absolute atomic E-state index is 13.6. The molecule has 11 heteroatoms. The van der Waals surface area contributed by atoms with E-state index in [0.29, 0.717) is 34.2 Å². The fourth-order valence-electron chi connectivity index (χ4n) is 5.93. The van der Waals surface area contributed by atoms with Crippen molar-refractivity contribution in [1.29, 1.82) is 0 Å². The SMILES string of the molecule is FC(F)(F)Oc1cc(-c2nc3ccccn3c2-c2ccnc(Nc3cccc(CCN4CCCC4)c3)n2)ccc1OCc1ccccc1. The second-order valence-electron chi connectivity index (χ2n) is 11.6. The summed E-state index contributed by atoms with van der Waals surface area (Å²) in [6, 6.07) is 29.1. The third-order valence-corrected chi connectivity index (χ3v) is 8.21. The van der Waals surface area contributed by atoms with Crippen molar-refractivity contribution in [3.8, 4) is 34.1 Å². The van der Waals surface area contributed by atoms with Crippen LogP contribution in [0.15, 0.2) is 109 Å². The molecule has 1 N–H and O–H groups in total. The van der Waals surface area contributed by atoms with Gasteiger partial charge in [0.2, 0.25) is 5.95 Å². The van der Waals surface area contributed by atoms with Gasteiger partial charge >= 0.3 is 6.36 Å². The van der Waals surface area contributed by atoms with Crippen LogP contribution in [0, 0.1) is 0 Å². The fraction of sp³-hybridized carbons (Fsp3) is 0.216. The minimum Gasteiger partial charge on any atom is -0.485 e. The van der Waals surface area contributed by atoms with Crippen LogP contribution in [0.4, 0.5) is 24.8 Å². The van der Waals surface area contributed by atoms with Crippen molar-refractivity contribution < 1.29 is 22.6 Å². The van der Waals surface area contributed by atoms with E-state index in [9.17, 15) is 13.2 Å². The van der Waals surface area contributed by atoms with Gasteiger partial charge in [0.25, 0.3) is 0 Å². The van der Waals surface area contributed by atoms with Crippen LogP contribution in [0.2, 0.25) is 0 Å². The minimum absolute atomic E-state index is 0.0403. The number of nitrogens with one attached hydrogen (secondary N) is 1. The standard InChI is InChI=1S/C37H33F3N6O2/c38-37(39,40)48-32-24-28(14-15-31(32)47-25-27-9-2-1-3-10-27)34-35(46-21-5-4-13-33(46)44-34)30-16-18-41-36(43-30)42-29-12-8-11-26(23-29)17-22-45-19-6-7-20-45/h1-5,8-16,18,21,23-24H,6-7,17,19-20,22,25H2,(H,41,42,43). The number of halogens is 3. The molecule has 0 radical (unpaired) electrons. The zero-order valence-electron chi connectivity index (χ0n) is 26.0. The van der Waals surface area contributed by atoms with Crippen LogP contribution in [0.5, 0.6) is 11.5 Å². The minimum atomic E-state index is -4.93. The van der Waals surface area contributed by atoms with Gasteiger partial charge in [-0.05, 0) is 92.0 Å². The summed E-state index contributed by atoms with van der Waals surface area (Å²) in [6.07, 6.45) is 2.04. The van der Waals surface area contributed by atoms with Crippen LogP contribution in [0.25, 0.3) is 28.3 Å². The van der Waals surface area contributed by atoms with Gasteiger partial charge in [0.1, 0.15) is 12.3 Å². The van der Waals surface area contributed by atoms with Crippen molar-refractivity contribution >= 4 is 17.3 Å². The number of ether oxygens (including phenoxy) is 2. The zero-order chi connectivity index (χ0) is 32.9. The lowest BCUT2D eigenvalue weighted by atomic mass is 10.1. The summed E-state index contributed by atoms with van der Waals surface area (Å²) >= 11 is 0. The Bertz CT molecular complexity index is 2010. The third-order valence-electron chi connectivity index (χ3n) is 8.21. The molecule has 0 aliphatic carbocycles. The molecular formula is C37H33F3N6O2. The largest absolute Gasteiger partial charge is 0.573 e. The third kappa shape index (κ3) is 7.42. The van der Waals surface area contributed by atoms with E-state index in [1.807, 2.05) is 71.3 Å². The lowest BCUT2D eigenvalue weighted by Gasteiger charge is -2.16. The van der Waals surface area contributed by atoms with E-state index in [1.54, 1.807) is 18.3 Å². The summed E-state index contributed by atoms with van der Waals surface area (Å²) in [5.41, 5.74) is 5.45. The molecule has 1 aliphatic heterocycles. The van der Waals surface area contributed by atoms with Gasteiger partial charge in [-0.25, -0.2) is 15.0 Å². The number of alkyl halides is 3. The molecule has 0 amide bonds. The highest BCUT2D eigenvalue weighted by molar-refractivity contribution is 5.82. The number of hydrogen-bond acceptors (Lipinski definition) is 7. The van der Waals surface area contributed by atoms with Crippen LogP contribution in [-0.4, -0.2) is 50.2 Å². The lowest BCUT2D eigenvalue weighted by molar-refractivity contribution is -0.275. The quantitative estimate of drug-likeness (QED) is 0.151. The van der Waals surface area contributed by atoms with Gasteiger partial charge in [-0.3, -0.25) is 4.40 Å². The molecule has 8 nitrogen and oxygen atoms in total. The van der Waals surface area contributed by atoms with Gasteiger partial charge in [-0.1, -0.05) is 48.5 Å². The summed E-state index contributed by atoms with van der Waals surface area (Å²) in [6.45, 7) is 3.42. The van der Waals surface area contributed by atoms with Crippen LogP contribution < -0.4 is 14.8 Å². The van der Waals surface area contributed by atoms with Crippen LogP contribution in [0.3, 0.4) is 0 Å². The summed E-state index contributed by atoms with van der Waals surface area (Å²) in [7, 11) is 0. The summed E-state index contributed by atoms with van der Waals surface area (Å²) in [4.78, 5) is 16.6. The van der Waals surface area contributed by atoms with Crippen LogP contribution in [0.1, 0.15) is 24.0 Å². The molecule has 0 saturated carbocycles. The topological polar surface area (TPSA) is 76.8 Å². The van der Waals surface area contributed by atoms with Crippen molar-refractivity contribution in [1.82, 2.24) is 24.3 Å². The molecule has 3 aromatic carbocycles. The molecule has 1 fully saturated rings. The van der Waals surface area contributed by atoms with E-state index in [-0.39, 0.29) is 12.4 Å². The van der Waals surface area contributed by atoms with E-state index >= 15 is 0 Å². The van der Waals surface area contributed by atoms with Gasteiger partial charge in [0.15, 0.2) is 11.5 Å². The van der Waals surface area contributed by atoms with Crippen LogP contribution in [-0.2, 0) is 13.0 Å². The molecule has 1 aliphatic rings. The molecule has 0 unspecified atom stereocenters. The zero-order valence-corrected chi connectivity index (χ0v) is 26.0. The van der Waals surface area contributed by atoms with Crippen LogP contribution >= 0.6 is 0 Å². The number of aromatic nitrogens is 4. The first kappa shape index (κ1) is 31.2. The first-order valence-electron chi connectivity index (χ1n) is 15.8. The highest BCUT2D eigenvalue weighted by Gasteiger charge is 2.33. The fourth-order valence-corrected chi connectivity index (χ4v) is 5.93. The molecule has 7 rings (SSSR count). The molecule has 0 spiro atoms. The highest BCUT2D eigenvalue weighted by atomic mass is 19.4. The Kier molecular flexibility index (Phi) is 8.93. The Morgan fingerprint density at radius 1 is 0.792 bits per heavy atom. The van der Waals surface area contributed by atoms with E-state index in [1.165, 1.54) is 30.5 Å². The summed E-state index contributed by atoms with van der Waals surface area (Å²) in [5.74, 6) is -0.123. The average molecular weight is 651 g/mol. The highest BCUT2D eigenvalue weighted by Crippen LogP contribution is 2.39. The predicted octanol–water partition coefficient (Wildman–Crippen LogP) is 8.32. The first-order valence-corrected chi connectivity index (χ1v) is 15.8. The number of anilines is 2. The van der Waals surface area contributed by atoms with Gasteiger partial charge in [-0.15, -0.1) is 13.2 Å². The monoisotopic (exact) mass is 650 g/mol. The number of likely N-dealkylation sites (tertiary alicyclic amines) is 1. The predicted molar refractivity (Wildman–Crippen MR) is 178 cm³/mol. The van der Waals surface area contributed by atoms with E-state index in [4.69, 9.17) is 14.7 Å². The van der Waals surface area contributed by atoms with Gasteiger partial charge < -0.3 is 19.7 Å². The smallest absolute Gasteiger partial charge is 0.485 e. The number of benzene rings is 3. The summed E-state index contributed by atoms with van der Waals surface area (Å²) < 4.78 is 52.8. The molecule has 0 atom stereocenters. The van der Waals surface area contributed by atoms with Crippen molar-refractivity contribution in [2.75, 3.05) is 25.0 Å². The number of pyridine rings is 1. The van der Waals surface area contributed by atoms with Gasteiger partial charge in [-0.2, -0.15) is 0 Å². The molecule has 4 heterocycles. The Labute approximate surface area is 275 Å². The number of fused-ring (bicyclic) bond motifs is 1. The van der Waals surface area contributed by atoms with Crippen molar-refractivity contribution in [2.45, 2.75) is 32.2 Å². The maximum atomic E-state index is 13.6. The molecule has 244 valence electrons.